The zero-order valence-electron chi connectivity index (χ0n) is 9.34. The summed E-state index contributed by atoms with van der Waals surface area (Å²) < 4.78 is 5.65. The van der Waals surface area contributed by atoms with Crippen molar-refractivity contribution in [1.82, 2.24) is 4.98 Å². The van der Waals surface area contributed by atoms with Gasteiger partial charge >= 0.3 is 0 Å². The minimum atomic E-state index is 0.259. The molecule has 0 radical (unpaired) electrons. The largest absolute Gasteiger partial charge is 0.454 e. The molecule has 1 aromatic carbocycles. The fraction of sp³-hybridized carbons (Fsp3) is 0.0769. The lowest BCUT2D eigenvalue weighted by molar-refractivity contribution is 0.475. The summed E-state index contributed by atoms with van der Waals surface area (Å²) in [5.41, 5.74) is 7.55. The lowest BCUT2D eigenvalue weighted by Gasteiger charge is -2.10. The van der Waals surface area contributed by atoms with Crippen LogP contribution in [-0.2, 0) is 0 Å². The minimum absolute atomic E-state index is 0.259. The number of benzene rings is 1. The van der Waals surface area contributed by atoms with Crippen molar-refractivity contribution in [3.63, 3.8) is 0 Å². The molecule has 4 heteroatoms. The molecule has 0 aliphatic rings. The van der Waals surface area contributed by atoms with Crippen LogP contribution in [0.15, 0.2) is 36.5 Å². The van der Waals surface area contributed by atoms with Crippen LogP contribution in [0.25, 0.3) is 0 Å². The van der Waals surface area contributed by atoms with Crippen LogP contribution in [0.2, 0.25) is 0 Å². The Kier molecular flexibility index (Phi) is 2.93. The number of anilines is 1. The van der Waals surface area contributed by atoms with Crippen LogP contribution >= 0.6 is 0 Å². The Labute approximate surface area is 99.3 Å². The van der Waals surface area contributed by atoms with Gasteiger partial charge in [-0.25, -0.2) is 4.98 Å². The average molecular weight is 225 g/mol. The SMILES string of the molecule is Cc1c(N)cccc1Oc1cccnc1C#N. The van der Waals surface area contributed by atoms with Crippen molar-refractivity contribution < 1.29 is 4.74 Å². The zero-order chi connectivity index (χ0) is 12.3. The molecule has 4 nitrogen and oxygen atoms in total. The van der Waals surface area contributed by atoms with Gasteiger partial charge in [0, 0.05) is 17.4 Å². The predicted molar refractivity (Wildman–Crippen MR) is 64.6 cm³/mol. The number of hydrogen-bond acceptors (Lipinski definition) is 4. The normalized spacial score (nSPS) is 9.65. The summed E-state index contributed by atoms with van der Waals surface area (Å²) in [7, 11) is 0. The summed E-state index contributed by atoms with van der Waals surface area (Å²) in [5.74, 6) is 1.07. The second-order valence-electron chi connectivity index (χ2n) is 3.53. The number of pyridine rings is 1. The van der Waals surface area contributed by atoms with Gasteiger partial charge in [0.15, 0.2) is 11.4 Å². The maximum absolute atomic E-state index is 8.90. The van der Waals surface area contributed by atoms with E-state index in [0.717, 1.165) is 5.56 Å². The van der Waals surface area contributed by atoms with Crippen molar-refractivity contribution in [3.05, 3.63) is 47.8 Å². The molecule has 2 N–H and O–H groups in total. The van der Waals surface area contributed by atoms with Crippen LogP contribution in [0.3, 0.4) is 0 Å². The van der Waals surface area contributed by atoms with Gasteiger partial charge in [-0.3, -0.25) is 0 Å². The molecule has 2 rings (SSSR count). The molecule has 0 amide bonds. The smallest absolute Gasteiger partial charge is 0.183 e. The van der Waals surface area contributed by atoms with Gasteiger partial charge in [0.25, 0.3) is 0 Å². The Morgan fingerprint density at radius 3 is 2.76 bits per heavy atom. The van der Waals surface area contributed by atoms with Crippen LogP contribution in [0.4, 0.5) is 5.69 Å². The fourth-order valence-electron chi connectivity index (χ4n) is 1.42. The molecule has 0 bridgehead atoms. The highest BCUT2D eigenvalue weighted by Crippen LogP contribution is 2.29. The molecule has 0 aliphatic heterocycles. The highest BCUT2D eigenvalue weighted by Gasteiger charge is 2.07. The van der Waals surface area contributed by atoms with E-state index in [-0.39, 0.29) is 5.69 Å². The van der Waals surface area contributed by atoms with Gasteiger partial charge < -0.3 is 10.5 Å². The number of ether oxygens (including phenoxy) is 1. The second-order valence-corrected chi connectivity index (χ2v) is 3.53. The molecular formula is C13H11N3O. The number of nitrogen functional groups attached to an aromatic ring is 1. The highest BCUT2D eigenvalue weighted by atomic mass is 16.5. The molecule has 0 saturated carbocycles. The average Bonchev–Trinajstić information content (AvgIpc) is 2.35. The Morgan fingerprint density at radius 1 is 1.24 bits per heavy atom. The Hall–Kier alpha value is -2.54. The molecular weight excluding hydrogens is 214 g/mol. The highest BCUT2D eigenvalue weighted by molar-refractivity contribution is 5.54. The van der Waals surface area contributed by atoms with E-state index < -0.39 is 0 Å². The van der Waals surface area contributed by atoms with Crippen molar-refractivity contribution in [3.8, 4) is 17.6 Å². The monoisotopic (exact) mass is 225 g/mol. The maximum Gasteiger partial charge on any atom is 0.183 e. The van der Waals surface area contributed by atoms with Crippen molar-refractivity contribution in [1.29, 1.82) is 5.26 Å². The lowest BCUT2D eigenvalue weighted by Crippen LogP contribution is -1.95. The molecule has 1 aromatic heterocycles. The Balaban J connectivity index is 2.39. The third-order valence-corrected chi connectivity index (χ3v) is 2.42. The quantitative estimate of drug-likeness (QED) is 0.797. The number of nitrogens with zero attached hydrogens (tertiary/aromatic N) is 2. The van der Waals surface area contributed by atoms with E-state index >= 15 is 0 Å². The van der Waals surface area contributed by atoms with Crippen LogP contribution < -0.4 is 10.5 Å². The molecule has 2 aromatic rings. The first-order chi connectivity index (χ1) is 8.22. The summed E-state index contributed by atoms with van der Waals surface area (Å²) in [6, 6.07) is 10.8. The zero-order valence-corrected chi connectivity index (χ0v) is 9.34. The van der Waals surface area contributed by atoms with Crippen LogP contribution in [0.5, 0.6) is 11.5 Å². The fourth-order valence-corrected chi connectivity index (χ4v) is 1.42. The Bertz CT molecular complexity index is 587. The van der Waals surface area contributed by atoms with E-state index in [1.165, 1.54) is 0 Å². The van der Waals surface area contributed by atoms with Crippen molar-refractivity contribution in [2.45, 2.75) is 6.92 Å². The molecule has 0 aliphatic carbocycles. The third kappa shape index (κ3) is 2.18. The molecule has 17 heavy (non-hydrogen) atoms. The van der Waals surface area contributed by atoms with Crippen LogP contribution in [0.1, 0.15) is 11.3 Å². The molecule has 0 saturated heterocycles. The standard InChI is InChI=1S/C13H11N3O/c1-9-10(15)4-2-5-12(9)17-13-6-3-7-16-11(13)8-14/h2-7H,15H2,1H3. The maximum atomic E-state index is 8.90. The number of aromatic nitrogens is 1. The first-order valence-electron chi connectivity index (χ1n) is 5.10. The van der Waals surface area contributed by atoms with Crippen molar-refractivity contribution in [2.75, 3.05) is 5.73 Å². The van der Waals surface area contributed by atoms with E-state index in [9.17, 15) is 0 Å². The van der Waals surface area contributed by atoms with E-state index in [4.69, 9.17) is 15.7 Å². The van der Waals surface area contributed by atoms with Gasteiger partial charge in [0.2, 0.25) is 0 Å². The van der Waals surface area contributed by atoms with E-state index in [1.54, 1.807) is 36.5 Å². The summed E-state index contributed by atoms with van der Waals surface area (Å²) in [5, 5.41) is 8.90. The lowest BCUT2D eigenvalue weighted by atomic mass is 10.2. The molecule has 0 fully saturated rings. The molecule has 84 valence electrons. The van der Waals surface area contributed by atoms with Crippen LogP contribution in [-0.4, -0.2) is 4.98 Å². The van der Waals surface area contributed by atoms with Crippen LogP contribution in [0, 0.1) is 18.3 Å². The second kappa shape index (κ2) is 4.54. The summed E-state index contributed by atoms with van der Waals surface area (Å²) in [4.78, 5) is 3.93. The topological polar surface area (TPSA) is 71.9 Å². The predicted octanol–water partition coefficient (Wildman–Crippen LogP) is 2.64. The van der Waals surface area contributed by atoms with Crippen molar-refractivity contribution in [2.24, 2.45) is 0 Å². The van der Waals surface area contributed by atoms with E-state index in [2.05, 4.69) is 4.98 Å². The van der Waals surface area contributed by atoms with Gasteiger partial charge in [-0.1, -0.05) is 6.07 Å². The Morgan fingerprint density at radius 2 is 2.00 bits per heavy atom. The number of nitriles is 1. The third-order valence-electron chi connectivity index (χ3n) is 2.42. The number of nitrogens with two attached hydrogens (primary N) is 1. The van der Waals surface area contributed by atoms with Crippen molar-refractivity contribution >= 4 is 5.69 Å². The molecule has 0 atom stereocenters. The first kappa shape index (κ1) is 11.0. The van der Waals surface area contributed by atoms with E-state index in [1.807, 2.05) is 13.0 Å². The number of hydrogen-bond donors (Lipinski definition) is 1. The molecule has 0 unspecified atom stereocenters. The van der Waals surface area contributed by atoms with Gasteiger partial charge in [-0.2, -0.15) is 5.26 Å². The summed E-state index contributed by atoms with van der Waals surface area (Å²) in [6.07, 6.45) is 1.55. The van der Waals surface area contributed by atoms with Gasteiger partial charge in [0.1, 0.15) is 11.8 Å². The van der Waals surface area contributed by atoms with Gasteiger partial charge in [0.05, 0.1) is 0 Å². The van der Waals surface area contributed by atoms with E-state index in [0.29, 0.717) is 17.2 Å². The number of rotatable bonds is 2. The summed E-state index contributed by atoms with van der Waals surface area (Å²) >= 11 is 0. The minimum Gasteiger partial charge on any atom is -0.454 e. The van der Waals surface area contributed by atoms with Gasteiger partial charge in [-0.15, -0.1) is 0 Å². The molecule has 1 heterocycles. The molecule has 0 spiro atoms. The van der Waals surface area contributed by atoms with Gasteiger partial charge in [-0.05, 0) is 31.2 Å². The first-order valence-corrected chi connectivity index (χ1v) is 5.10. The summed E-state index contributed by atoms with van der Waals surface area (Å²) in [6.45, 7) is 1.87.